The van der Waals surface area contributed by atoms with Crippen molar-refractivity contribution in [2.75, 3.05) is 6.54 Å². The van der Waals surface area contributed by atoms with Crippen LogP contribution in [0.25, 0.3) is 0 Å². The number of rotatable bonds is 9. The highest BCUT2D eigenvalue weighted by Gasteiger charge is 2.15. The van der Waals surface area contributed by atoms with E-state index in [9.17, 15) is 9.59 Å². The first kappa shape index (κ1) is 15.9. The smallest absolute Gasteiger partial charge is 0.236 e. The summed E-state index contributed by atoms with van der Waals surface area (Å²) in [6.45, 7) is 6.46. The zero-order valence-corrected chi connectivity index (χ0v) is 11.1. The fraction of sp³-hybridized carbons (Fsp3) is 0.833. The summed E-state index contributed by atoms with van der Waals surface area (Å²) in [5.74, 6) is -0.391. The van der Waals surface area contributed by atoms with Gasteiger partial charge in [-0.2, -0.15) is 0 Å². The molecule has 0 fully saturated rings. The molecule has 0 aromatic rings. The fourth-order valence-electron chi connectivity index (χ4n) is 1.60. The lowest BCUT2D eigenvalue weighted by Gasteiger charge is -2.18. The van der Waals surface area contributed by atoms with E-state index >= 15 is 0 Å². The van der Waals surface area contributed by atoms with Crippen molar-refractivity contribution in [2.24, 2.45) is 5.73 Å². The molecule has 0 aliphatic rings. The molecule has 5 heteroatoms. The lowest BCUT2D eigenvalue weighted by molar-refractivity contribution is -0.123. The second kappa shape index (κ2) is 8.98. The molecule has 0 spiro atoms. The van der Waals surface area contributed by atoms with E-state index < -0.39 is 0 Å². The van der Waals surface area contributed by atoms with E-state index in [1.807, 2.05) is 6.92 Å². The Kier molecular flexibility index (Phi) is 8.40. The van der Waals surface area contributed by atoms with Gasteiger partial charge >= 0.3 is 0 Å². The minimum absolute atomic E-state index is 0.0302. The molecule has 0 radical (unpaired) electrons. The Balaban J connectivity index is 3.76. The van der Waals surface area contributed by atoms with E-state index in [0.717, 1.165) is 19.3 Å². The van der Waals surface area contributed by atoms with E-state index in [1.165, 1.54) is 0 Å². The third kappa shape index (κ3) is 8.68. The van der Waals surface area contributed by atoms with Crippen molar-refractivity contribution in [1.29, 1.82) is 0 Å². The monoisotopic (exact) mass is 243 g/mol. The molecule has 2 unspecified atom stereocenters. The number of carbonyl (C=O) groups is 2. The average molecular weight is 243 g/mol. The van der Waals surface area contributed by atoms with Crippen LogP contribution in [0.2, 0.25) is 0 Å². The molecule has 0 saturated carbocycles. The van der Waals surface area contributed by atoms with Crippen LogP contribution in [0.5, 0.6) is 0 Å². The number of unbranched alkanes of at least 4 members (excludes halogenated alkanes) is 2. The zero-order valence-electron chi connectivity index (χ0n) is 11.1. The Bertz CT molecular complexity index is 244. The summed E-state index contributed by atoms with van der Waals surface area (Å²) in [5, 5.41) is 5.90. The number of nitrogens with one attached hydrogen (secondary N) is 2. The van der Waals surface area contributed by atoms with Crippen LogP contribution in [0.4, 0.5) is 0 Å². The molecule has 0 aromatic heterocycles. The molecule has 2 amide bonds. The summed E-state index contributed by atoms with van der Waals surface area (Å²) >= 11 is 0. The summed E-state index contributed by atoms with van der Waals surface area (Å²) in [6.07, 6.45) is 3.51. The van der Waals surface area contributed by atoms with Crippen LogP contribution < -0.4 is 16.4 Å². The first-order valence-corrected chi connectivity index (χ1v) is 6.29. The highest BCUT2D eigenvalue weighted by Crippen LogP contribution is 1.94. The van der Waals surface area contributed by atoms with Crippen molar-refractivity contribution < 1.29 is 9.59 Å². The molecule has 0 aliphatic carbocycles. The summed E-state index contributed by atoms with van der Waals surface area (Å²) in [5.41, 5.74) is 5.08. The highest BCUT2D eigenvalue weighted by atomic mass is 16.2. The normalized spacial score (nSPS) is 14.1. The third-order valence-electron chi connectivity index (χ3n) is 2.51. The molecule has 0 rings (SSSR count). The Morgan fingerprint density at radius 1 is 1.24 bits per heavy atom. The number of primary amides is 1. The van der Waals surface area contributed by atoms with E-state index in [-0.39, 0.29) is 30.3 Å². The maximum atomic E-state index is 11.6. The Morgan fingerprint density at radius 3 is 2.41 bits per heavy atom. The zero-order chi connectivity index (χ0) is 13.3. The number of carbonyl (C=O) groups excluding carboxylic acids is 2. The number of hydrogen-bond acceptors (Lipinski definition) is 3. The van der Waals surface area contributed by atoms with Gasteiger partial charge in [-0.15, -0.1) is 0 Å². The lowest BCUT2D eigenvalue weighted by Crippen LogP contribution is -2.46. The lowest BCUT2D eigenvalue weighted by atomic mass is 10.2. The van der Waals surface area contributed by atoms with Crippen LogP contribution in [0.1, 0.15) is 46.5 Å². The largest absolute Gasteiger partial charge is 0.370 e. The van der Waals surface area contributed by atoms with E-state index in [2.05, 4.69) is 17.6 Å². The van der Waals surface area contributed by atoms with Gasteiger partial charge in [0.15, 0.2) is 0 Å². The van der Waals surface area contributed by atoms with Crippen LogP contribution in [0.3, 0.4) is 0 Å². The van der Waals surface area contributed by atoms with Gasteiger partial charge in [-0.25, -0.2) is 0 Å². The minimum Gasteiger partial charge on any atom is -0.370 e. The molecular weight excluding hydrogens is 218 g/mol. The van der Waals surface area contributed by atoms with Crippen LogP contribution in [0.15, 0.2) is 0 Å². The van der Waals surface area contributed by atoms with Gasteiger partial charge in [-0.05, 0) is 20.3 Å². The second-order valence-electron chi connectivity index (χ2n) is 4.46. The van der Waals surface area contributed by atoms with Gasteiger partial charge in [0.1, 0.15) is 0 Å². The molecule has 2 atom stereocenters. The van der Waals surface area contributed by atoms with E-state index in [4.69, 9.17) is 5.73 Å². The predicted molar refractivity (Wildman–Crippen MR) is 68.4 cm³/mol. The van der Waals surface area contributed by atoms with Crippen molar-refractivity contribution in [3.63, 3.8) is 0 Å². The van der Waals surface area contributed by atoms with Gasteiger partial charge in [-0.3, -0.25) is 9.59 Å². The highest BCUT2D eigenvalue weighted by molar-refractivity contribution is 5.81. The maximum Gasteiger partial charge on any atom is 0.236 e. The van der Waals surface area contributed by atoms with Gasteiger partial charge in [0.2, 0.25) is 11.8 Å². The first-order valence-electron chi connectivity index (χ1n) is 6.29. The first-order chi connectivity index (χ1) is 7.97. The van der Waals surface area contributed by atoms with Gasteiger partial charge in [0, 0.05) is 19.0 Å². The molecule has 17 heavy (non-hydrogen) atoms. The van der Waals surface area contributed by atoms with E-state index in [1.54, 1.807) is 6.92 Å². The van der Waals surface area contributed by atoms with Gasteiger partial charge in [-0.1, -0.05) is 19.8 Å². The van der Waals surface area contributed by atoms with Crippen molar-refractivity contribution >= 4 is 11.8 Å². The van der Waals surface area contributed by atoms with Crippen molar-refractivity contribution in [1.82, 2.24) is 10.6 Å². The number of amides is 2. The van der Waals surface area contributed by atoms with Gasteiger partial charge in [0.05, 0.1) is 6.04 Å². The van der Waals surface area contributed by atoms with Crippen LogP contribution in [-0.4, -0.2) is 30.4 Å². The number of hydrogen-bond donors (Lipinski definition) is 3. The predicted octanol–water partition coefficient (Wildman–Crippen LogP) is 0.535. The van der Waals surface area contributed by atoms with Crippen LogP contribution in [0, 0.1) is 0 Å². The van der Waals surface area contributed by atoms with E-state index in [0.29, 0.717) is 6.54 Å². The molecular formula is C12H25N3O2. The van der Waals surface area contributed by atoms with Gasteiger partial charge < -0.3 is 16.4 Å². The third-order valence-corrected chi connectivity index (χ3v) is 2.51. The topological polar surface area (TPSA) is 84.2 Å². The Morgan fingerprint density at radius 2 is 1.88 bits per heavy atom. The molecule has 100 valence electrons. The number of nitrogens with two attached hydrogens (primary N) is 1. The summed E-state index contributed by atoms with van der Waals surface area (Å²) in [6, 6.07) is -0.380. The summed E-state index contributed by atoms with van der Waals surface area (Å²) in [4.78, 5) is 22.3. The average Bonchev–Trinajstić information content (AvgIpc) is 2.22. The summed E-state index contributed by atoms with van der Waals surface area (Å²) < 4.78 is 0. The fourth-order valence-corrected chi connectivity index (χ4v) is 1.60. The Labute approximate surface area is 104 Å². The minimum atomic E-state index is -0.361. The molecule has 4 N–H and O–H groups in total. The molecule has 0 saturated heterocycles. The molecule has 5 nitrogen and oxygen atoms in total. The maximum absolute atomic E-state index is 11.6. The van der Waals surface area contributed by atoms with Gasteiger partial charge in [0.25, 0.3) is 0 Å². The molecule has 0 heterocycles. The standard InChI is InChI=1S/C12H25N3O2/c1-4-5-6-7-14-12(17)10(3)15-9(2)8-11(13)16/h9-10,15H,4-8H2,1-3H3,(H2,13,16)(H,14,17). The Hall–Kier alpha value is -1.10. The van der Waals surface area contributed by atoms with Crippen molar-refractivity contribution in [2.45, 2.75) is 58.5 Å². The molecule has 0 bridgehead atoms. The van der Waals surface area contributed by atoms with Crippen LogP contribution in [-0.2, 0) is 9.59 Å². The van der Waals surface area contributed by atoms with Crippen LogP contribution >= 0.6 is 0 Å². The summed E-state index contributed by atoms with van der Waals surface area (Å²) in [7, 11) is 0. The SMILES string of the molecule is CCCCCNC(=O)C(C)NC(C)CC(N)=O. The van der Waals surface area contributed by atoms with Crippen molar-refractivity contribution in [3.8, 4) is 0 Å². The molecule has 0 aromatic carbocycles. The quantitative estimate of drug-likeness (QED) is 0.517. The van der Waals surface area contributed by atoms with Crippen molar-refractivity contribution in [3.05, 3.63) is 0 Å². The molecule has 0 aliphatic heterocycles. The second-order valence-corrected chi connectivity index (χ2v) is 4.46.